The Balaban J connectivity index is 2.12. The molecule has 1 heterocycles. The number of aliphatic carboxylic acids is 1. The third-order valence-corrected chi connectivity index (χ3v) is 4.19. The lowest BCUT2D eigenvalue weighted by molar-refractivity contribution is -0.145. The monoisotopic (exact) mass is 362 g/mol. The topological polar surface area (TPSA) is 105 Å². The van der Waals surface area contributed by atoms with Gasteiger partial charge in [-0.05, 0) is 12.5 Å². The average Bonchev–Trinajstić information content (AvgIpc) is 2.80. The number of alkyl carbamates (subject to hydrolysis) is 1. The molecule has 2 atom stereocenters. The summed E-state index contributed by atoms with van der Waals surface area (Å²) in [6.45, 7) is 1.50. The highest BCUT2D eigenvalue weighted by molar-refractivity contribution is 5.86. The maximum atomic E-state index is 12.2. The van der Waals surface area contributed by atoms with Crippen molar-refractivity contribution in [1.82, 2.24) is 10.2 Å². The summed E-state index contributed by atoms with van der Waals surface area (Å²) in [7, 11) is 1.22. The molecule has 26 heavy (non-hydrogen) atoms. The first kappa shape index (κ1) is 19.3. The zero-order valence-corrected chi connectivity index (χ0v) is 14.7. The molecule has 1 aliphatic rings. The van der Waals surface area contributed by atoms with Crippen LogP contribution in [0.2, 0.25) is 0 Å². The average molecular weight is 362 g/mol. The van der Waals surface area contributed by atoms with Crippen molar-refractivity contribution in [3.63, 3.8) is 0 Å². The predicted octanol–water partition coefficient (Wildman–Crippen LogP) is 2.15. The summed E-state index contributed by atoms with van der Waals surface area (Å²) in [5.74, 6) is -1.26. The van der Waals surface area contributed by atoms with Crippen LogP contribution in [0.3, 0.4) is 0 Å². The van der Waals surface area contributed by atoms with E-state index in [-0.39, 0.29) is 25.6 Å². The molecule has 0 saturated heterocycles. The van der Waals surface area contributed by atoms with Gasteiger partial charge in [-0.1, -0.05) is 42.5 Å². The highest BCUT2D eigenvalue weighted by Crippen LogP contribution is 2.22. The van der Waals surface area contributed by atoms with Crippen LogP contribution in [0.5, 0.6) is 0 Å². The first-order chi connectivity index (χ1) is 12.4. The minimum absolute atomic E-state index is 0.00926. The van der Waals surface area contributed by atoms with Crippen LogP contribution in [0.1, 0.15) is 18.9 Å². The third kappa shape index (κ3) is 4.53. The first-order valence-corrected chi connectivity index (χ1v) is 8.11. The number of hydrogen-bond acceptors (Lipinski definition) is 5. The van der Waals surface area contributed by atoms with Gasteiger partial charge in [-0.3, -0.25) is 4.90 Å². The Hall–Kier alpha value is -3.03. The van der Waals surface area contributed by atoms with Crippen molar-refractivity contribution in [1.29, 1.82) is 0 Å². The molecule has 0 bridgehead atoms. The summed E-state index contributed by atoms with van der Waals surface area (Å²) in [6.07, 6.45) is 1.79. The summed E-state index contributed by atoms with van der Waals surface area (Å²) in [4.78, 5) is 37.3. The van der Waals surface area contributed by atoms with E-state index in [4.69, 9.17) is 9.47 Å². The maximum absolute atomic E-state index is 12.2. The molecule has 8 heteroatoms. The molecule has 0 aliphatic carbocycles. The zero-order valence-electron chi connectivity index (χ0n) is 14.7. The standard InChI is InChI=1S/C18H22N2O6/c1-13-7-6-10-18(15(21)22,12-20(13)17(24)25-2)19-16(23)26-11-14-8-4-3-5-9-14/h3-9,13H,10-12H2,1-2H3,(H,19,23)(H,21,22)/t13-,18+/m1/s1. The molecule has 0 aromatic heterocycles. The Morgan fingerprint density at radius 2 is 2.00 bits per heavy atom. The second-order valence-corrected chi connectivity index (χ2v) is 6.04. The molecule has 140 valence electrons. The Bertz CT molecular complexity index is 690. The second-order valence-electron chi connectivity index (χ2n) is 6.04. The van der Waals surface area contributed by atoms with E-state index in [2.05, 4.69) is 5.32 Å². The van der Waals surface area contributed by atoms with Gasteiger partial charge >= 0.3 is 18.2 Å². The highest BCUT2D eigenvalue weighted by Gasteiger charge is 2.44. The predicted molar refractivity (Wildman–Crippen MR) is 92.5 cm³/mol. The fraction of sp³-hybridized carbons (Fsp3) is 0.389. The molecular formula is C18H22N2O6. The van der Waals surface area contributed by atoms with Crippen molar-refractivity contribution in [2.45, 2.75) is 31.5 Å². The molecule has 2 N–H and O–H groups in total. The van der Waals surface area contributed by atoms with E-state index in [1.807, 2.05) is 6.07 Å². The number of carbonyl (C=O) groups excluding carboxylic acids is 2. The number of amides is 2. The van der Waals surface area contributed by atoms with Crippen molar-refractivity contribution in [2.24, 2.45) is 0 Å². The van der Waals surface area contributed by atoms with Gasteiger partial charge in [0.15, 0.2) is 5.54 Å². The Labute approximate surface area is 151 Å². The van der Waals surface area contributed by atoms with Gasteiger partial charge in [0.1, 0.15) is 6.61 Å². The molecule has 0 radical (unpaired) electrons. The molecule has 1 aromatic carbocycles. The van der Waals surface area contributed by atoms with Gasteiger partial charge in [-0.25, -0.2) is 14.4 Å². The van der Waals surface area contributed by atoms with Crippen molar-refractivity contribution in [3.8, 4) is 0 Å². The number of nitrogens with zero attached hydrogens (tertiary/aromatic N) is 1. The number of carboxylic acids is 1. The van der Waals surface area contributed by atoms with Crippen LogP contribution in [0.25, 0.3) is 0 Å². The zero-order chi connectivity index (χ0) is 19.2. The molecule has 8 nitrogen and oxygen atoms in total. The number of nitrogens with one attached hydrogen (secondary N) is 1. The van der Waals surface area contributed by atoms with Crippen molar-refractivity contribution >= 4 is 18.2 Å². The van der Waals surface area contributed by atoms with E-state index in [1.165, 1.54) is 12.0 Å². The molecule has 2 amide bonds. The van der Waals surface area contributed by atoms with Gasteiger partial charge in [0.05, 0.1) is 19.7 Å². The fourth-order valence-corrected chi connectivity index (χ4v) is 2.67. The summed E-state index contributed by atoms with van der Waals surface area (Å²) in [5, 5.41) is 12.1. The normalized spacial score (nSPS) is 22.2. The third-order valence-electron chi connectivity index (χ3n) is 4.19. The highest BCUT2D eigenvalue weighted by atomic mass is 16.6. The van der Waals surface area contributed by atoms with Crippen molar-refractivity contribution in [2.75, 3.05) is 13.7 Å². The Morgan fingerprint density at radius 1 is 1.31 bits per heavy atom. The van der Waals surface area contributed by atoms with Crippen LogP contribution in [0.15, 0.2) is 42.5 Å². The van der Waals surface area contributed by atoms with Crippen molar-refractivity contribution in [3.05, 3.63) is 48.0 Å². The minimum Gasteiger partial charge on any atom is -0.479 e. The van der Waals surface area contributed by atoms with E-state index in [0.29, 0.717) is 0 Å². The van der Waals surface area contributed by atoms with E-state index in [1.54, 1.807) is 43.3 Å². The SMILES string of the molecule is COC(=O)N1C[C@](NC(=O)OCc2ccccc2)(C(=O)O)CC=C[C@H]1C. The smallest absolute Gasteiger partial charge is 0.410 e. The summed E-state index contributed by atoms with van der Waals surface area (Å²) in [5.41, 5.74) is -0.930. The van der Waals surface area contributed by atoms with Crippen molar-refractivity contribution < 1.29 is 29.0 Å². The summed E-state index contributed by atoms with van der Waals surface area (Å²) in [6, 6.07) is 8.65. The summed E-state index contributed by atoms with van der Waals surface area (Å²) >= 11 is 0. The van der Waals surface area contributed by atoms with Gasteiger partial charge in [-0.2, -0.15) is 0 Å². The lowest BCUT2D eigenvalue weighted by Gasteiger charge is -2.34. The number of benzene rings is 1. The minimum atomic E-state index is -1.71. The number of carboxylic acid groups (broad SMARTS) is 1. The largest absolute Gasteiger partial charge is 0.479 e. The van der Waals surface area contributed by atoms with Gasteiger partial charge < -0.3 is 19.9 Å². The van der Waals surface area contributed by atoms with Crippen LogP contribution in [-0.2, 0) is 20.9 Å². The number of carbonyl (C=O) groups is 3. The van der Waals surface area contributed by atoms with Crippen LogP contribution >= 0.6 is 0 Å². The quantitative estimate of drug-likeness (QED) is 0.795. The van der Waals surface area contributed by atoms with E-state index >= 15 is 0 Å². The van der Waals surface area contributed by atoms with Crippen LogP contribution in [-0.4, -0.2) is 53.4 Å². The van der Waals surface area contributed by atoms with Crippen LogP contribution in [0.4, 0.5) is 9.59 Å². The first-order valence-electron chi connectivity index (χ1n) is 8.11. The molecule has 2 rings (SSSR count). The van der Waals surface area contributed by atoms with Gasteiger partial charge in [0, 0.05) is 6.42 Å². The number of rotatable bonds is 4. The lowest BCUT2D eigenvalue weighted by atomic mass is 9.95. The molecular weight excluding hydrogens is 340 g/mol. The van der Waals surface area contributed by atoms with E-state index in [0.717, 1.165) is 5.56 Å². The number of methoxy groups -OCH3 is 1. The van der Waals surface area contributed by atoms with Gasteiger partial charge in [0.2, 0.25) is 0 Å². The summed E-state index contributed by atoms with van der Waals surface area (Å²) < 4.78 is 9.84. The lowest BCUT2D eigenvalue weighted by Crippen LogP contribution is -2.61. The Morgan fingerprint density at radius 3 is 2.62 bits per heavy atom. The molecule has 0 fully saturated rings. The molecule has 0 spiro atoms. The molecule has 1 aromatic rings. The Kier molecular flexibility index (Phi) is 6.21. The molecule has 1 aliphatic heterocycles. The second kappa shape index (κ2) is 8.37. The van der Waals surface area contributed by atoms with Gasteiger partial charge in [0.25, 0.3) is 0 Å². The maximum Gasteiger partial charge on any atom is 0.410 e. The molecule has 0 saturated carbocycles. The van der Waals surface area contributed by atoms with Crippen LogP contribution < -0.4 is 5.32 Å². The number of ether oxygens (including phenoxy) is 2. The van der Waals surface area contributed by atoms with Crippen LogP contribution in [0, 0.1) is 0 Å². The number of hydrogen-bond donors (Lipinski definition) is 2. The fourth-order valence-electron chi connectivity index (χ4n) is 2.67. The van der Waals surface area contributed by atoms with Gasteiger partial charge in [-0.15, -0.1) is 0 Å². The molecule has 0 unspecified atom stereocenters. The van der Waals surface area contributed by atoms with E-state index < -0.39 is 23.7 Å². The van der Waals surface area contributed by atoms with E-state index in [9.17, 15) is 19.5 Å².